The van der Waals surface area contributed by atoms with Crippen LogP contribution in [0, 0.1) is 5.41 Å². The van der Waals surface area contributed by atoms with Crippen LogP contribution in [0.1, 0.15) is 26.7 Å². The highest BCUT2D eigenvalue weighted by molar-refractivity contribution is 5.83. The minimum Gasteiger partial charge on any atom is -0.392 e. The van der Waals surface area contributed by atoms with Gasteiger partial charge in [-0.25, -0.2) is 0 Å². The lowest BCUT2D eigenvalue weighted by molar-refractivity contribution is -0.130. The molecule has 0 aromatic rings. The highest BCUT2D eigenvalue weighted by atomic mass is 16.3. The van der Waals surface area contributed by atoms with E-state index in [1.165, 1.54) is 0 Å². The number of amides is 1. The Hall–Kier alpha value is -0.610. The van der Waals surface area contributed by atoms with Crippen LogP contribution >= 0.6 is 0 Å². The molecule has 86 valence electrons. The van der Waals surface area contributed by atoms with Gasteiger partial charge in [0, 0.05) is 25.0 Å². The van der Waals surface area contributed by atoms with Gasteiger partial charge in [0.25, 0.3) is 0 Å². The molecule has 0 spiro atoms. The molecular weight excluding hydrogens is 192 g/mol. The molecule has 0 bridgehead atoms. The van der Waals surface area contributed by atoms with Crippen molar-refractivity contribution in [3.8, 4) is 0 Å². The fourth-order valence-corrected chi connectivity index (χ4v) is 2.41. The highest BCUT2D eigenvalue weighted by Gasteiger charge is 2.48. The van der Waals surface area contributed by atoms with Crippen LogP contribution in [-0.4, -0.2) is 47.7 Å². The highest BCUT2D eigenvalue weighted by Crippen LogP contribution is 2.40. The smallest absolute Gasteiger partial charge is 0.239 e. The van der Waals surface area contributed by atoms with Gasteiger partial charge in [-0.1, -0.05) is 13.8 Å². The first kappa shape index (κ1) is 10.9. The number of carbonyl (C=O) groups excluding carboxylic acids is 1. The maximum atomic E-state index is 11.7. The van der Waals surface area contributed by atoms with E-state index in [-0.39, 0.29) is 29.5 Å². The summed E-state index contributed by atoms with van der Waals surface area (Å²) >= 11 is 0. The summed E-state index contributed by atoms with van der Waals surface area (Å²) in [5.41, 5.74) is -0.0958. The van der Waals surface area contributed by atoms with Gasteiger partial charge in [-0.05, 0) is 12.8 Å². The van der Waals surface area contributed by atoms with Crippen LogP contribution in [0.2, 0.25) is 0 Å². The number of hydrogen-bond acceptors (Lipinski definition) is 3. The molecule has 15 heavy (non-hydrogen) atoms. The second-order valence-corrected chi connectivity index (χ2v) is 5.39. The molecule has 1 saturated carbocycles. The molecule has 2 rings (SSSR count). The summed E-state index contributed by atoms with van der Waals surface area (Å²) in [6.07, 6.45) is 1.42. The molecule has 1 saturated heterocycles. The maximum absolute atomic E-state index is 11.7. The molecule has 1 heterocycles. The van der Waals surface area contributed by atoms with E-state index in [1.807, 2.05) is 20.9 Å². The van der Waals surface area contributed by atoms with E-state index < -0.39 is 0 Å². The normalized spacial score (nSPS) is 39.3. The fourth-order valence-electron chi connectivity index (χ4n) is 2.41. The Morgan fingerprint density at radius 3 is 2.60 bits per heavy atom. The summed E-state index contributed by atoms with van der Waals surface area (Å²) in [6.45, 7) is 4.93. The topological polar surface area (TPSA) is 52.6 Å². The van der Waals surface area contributed by atoms with Crippen molar-refractivity contribution in [2.24, 2.45) is 5.41 Å². The lowest BCUT2D eigenvalue weighted by Gasteiger charge is -2.50. The second kappa shape index (κ2) is 3.46. The monoisotopic (exact) mass is 212 g/mol. The van der Waals surface area contributed by atoms with Crippen molar-refractivity contribution in [1.82, 2.24) is 10.2 Å². The number of likely N-dealkylation sites (N-methyl/N-ethyl adjacent to an activating group) is 1. The zero-order chi connectivity index (χ0) is 11.2. The third kappa shape index (κ3) is 1.66. The van der Waals surface area contributed by atoms with Gasteiger partial charge in [-0.2, -0.15) is 0 Å². The standard InChI is InChI=1S/C11H20N2O2/c1-11(2)8(6-9(11)14)12-7-4-5-13(3)10(7)15/h7-9,12,14H,4-6H2,1-3H3. The van der Waals surface area contributed by atoms with Gasteiger partial charge in [0.2, 0.25) is 5.91 Å². The Bertz CT molecular complexity index is 278. The minimum atomic E-state index is -0.232. The Kier molecular flexibility index (Phi) is 2.51. The number of rotatable bonds is 2. The SMILES string of the molecule is CN1CCC(NC2CC(O)C2(C)C)C1=O. The lowest BCUT2D eigenvalue weighted by Crippen LogP contribution is -2.62. The number of aliphatic hydroxyl groups excluding tert-OH is 1. The summed E-state index contributed by atoms with van der Waals surface area (Å²) < 4.78 is 0. The molecule has 1 aliphatic carbocycles. The van der Waals surface area contributed by atoms with Gasteiger partial charge in [-0.3, -0.25) is 4.79 Å². The molecule has 4 nitrogen and oxygen atoms in total. The van der Waals surface area contributed by atoms with Gasteiger partial charge in [0.05, 0.1) is 12.1 Å². The van der Waals surface area contributed by atoms with E-state index in [9.17, 15) is 9.90 Å². The molecule has 0 radical (unpaired) electrons. The zero-order valence-corrected chi connectivity index (χ0v) is 9.66. The van der Waals surface area contributed by atoms with Crippen molar-refractivity contribution in [3.05, 3.63) is 0 Å². The summed E-state index contributed by atoms with van der Waals surface area (Å²) in [7, 11) is 1.84. The van der Waals surface area contributed by atoms with Crippen LogP contribution in [0.5, 0.6) is 0 Å². The molecule has 0 aromatic carbocycles. The van der Waals surface area contributed by atoms with Crippen LogP contribution in [-0.2, 0) is 4.79 Å². The predicted molar refractivity (Wildman–Crippen MR) is 57.4 cm³/mol. The van der Waals surface area contributed by atoms with Crippen LogP contribution in [0.3, 0.4) is 0 Å². The molecule has 1 amide bonds. The number of nitrogens with one attached hydrogen (secondary N) is 1. The number of aliphatic hydroxyl groups is 1. The van der Waals surface area contributed by atoms with E-state index >= 15 is 0 Å². The van der Waals surface area contributed by atoms with Gasteiger partial charge in [0.15, 0.2) is 0 Å². The fraction of sp³-hybridized carbons (Fsp3) is 0.909. The van der Waals surface area contributed by atoms with E-state index in [4.69, 9.17) is 0 Å². The predicted octanol–water partition coefficient (Wildman–Crippen LogP) is -0.0339. The zero-order valence-electron chi connectivity index (χ0n) is 9.66. The molecule has 3 atom stereocenters. The Balaban J connectivity index is 1.92. The number of carbonyl (C=O) groups is 1. The van der Waals surface area contributed by atoms with Crippen LogP contribution < -0.4 is 5.32 Å². The van der Waals surface area contributed by atoms with Crippen molar-refractivity contribution in [2.75, 3.05) is 13.6 Å². The molecule has 2 fully saturated rings. The first-order valence-corrected chi connectivity index (χ1v) is 5.62. The Labute approximate surface area is 90.6 Å². The summed E-state index contributed by atoms with van der Waals surface area (Å²) in [6, 6.07) is 0.236. The largest absolute Gasteiger partial charge is 0.392 e. The van der Waals surface area contributed by atoms with Crippen molar-refractivity contribution < 1.29 is 9.90 Å². The van der Waals surface area contributed by atoms with Crippen LogP contribution in [0.15, 0.2) is 0 Å². The van der Waals surface area contributed by atoms with E-state index in [2.05, 4.69) is 5.32 Å². The van der Waals surface area contributed by atoms with Crippen molar-refractivity contribution >= 4 is 5.91 Å². The lowest BCUT2D eigenvalue weighted by atomic mass is 9.64. The summed E-state index contributed by atoms with van der Waals surface area (Å²) in [5, 5.41) is 13.0. The van der Waals surface area contributed by atoms with E-state index in [0.717, 1.165) is 19.4 Å². The van der Waals surface area contributed by atoms with Gasteiger partial charge < -0.3 is 15.3 Å². The van der Waals surface area contributed by atoms with Gasteiger partial charge >= 0.3 is 0 Å². The average molecular weight is 212 g/mol. The van der Waals surface area contributed by atoms with E-state index in [1.54, 1.807) is 4.90 Å². The molecule has 3 unspecified atom stereocenters. The summed E-state index contributed by atoms with van der Waals surface area (Å²) in [4.78, 5) is 13.4. The third-order valence-electron chi connectivity index (χ3n) is 4.05. The van der Waals surface area contributed by atoms with E-state index in [0.29, 0.717) is 0 Å². The van der Waals surface area contributed by atoms with Gasteiger partial charge in [-0.15, -0.1) is 0 Å². The van der Waals surface area contributed by atoms with Crippen molar-refractivity contribution in [2.45, 2.75) is 44.9 Å². The van der Waals surface area contributed by atoms with Crippen LogP contribution in [0.25, 0.3) is 0 Å². The first-order chi connectivity index (χ1) is 6.93. The molecule has 2 N–H and O–H groups in total. The third-order valence-corrected chi connectivity index (χ3v) is 4.05. The molecule has 0 aromatic heterocycles. The van der Waals surface area contributed by atoms with Crippen LogP contribution in [0.4, 0.5) is 0 Å². The quantitative estimate of drug-likeness (QED) is 0.675. The Morgan fingerprint density at radius 1 is 1.53 bits per heavy atom. The number of nitrogens with zero attached hydrogens (tertiary/aromatic N) is 1. The molecule has 1 aliphatic heterocycles. The minimum absolute atomic E-state index is 0.0354. The first-order valence-electron chi connectivity index (χ1n) is 5.62. The molecule has 4 heteroatoms. The average Bonchev–Trinajstić information content (AvgIpc) is 2.49. The Morgan fingerprint density at radius 2 is 2.20 bits per heavy atom. The van der Waals surface area contributed by atoms with Crippen molar-refractivity contribution in [1.29, 1.82) is 0 Å². The summed E-state index contributed by atoms with van der Waals surface area (Å²) in [5.74, 6) is 0.187. The molecule has 2 aliphatic rings. The second-order valence-electron chi connectivity index (χ2n) is 5.39. The number of likely N-dealkylation sites (tertiary alicyclic amines) is 1. The number of hydrogen-bond donors (Lipinski definition) is 2. The maximum Gasteiger partial charge on any atom is 0.239 e. The molecular formula is C11H20N2O2. The van der Waals surface area contributed by atoms with Gasteiger partial charge in [0.1, 0.15) is 0 Å². The van der Waals surface area contributed by atoms with Crippen molar-refractivity contribution in [3.63, 3.8) is 0 Å².